The van der Waals surface area contributed by atoms with Crippen molar-refractivity contribution in [1.29, 1.82) is 0 Å². The molecule has 1 fully saturated rings. The summed E-state index contributed by atoms with van der Waals surface area (Å²) in [4.78, 5) is 29.5. The van der Waals surface area contributed by atoms with Crippen LogP contribution in [0.1, 0.15) is 12.0 Å². The first-order valence-electron chi connectivity index (χ1n) is 8.38. The number of benzene rings is 1. The van der Waals surface area contributed by atoms with Crippen LogP contribution in [-0.4, -0.2) is 74.7 Å². The van der Waals surface area contributed by atoms with E-state index in [1.807, 2.05) is 30.3 Å². The zero-order chi connectivity index (χ0) is 20.0. The third-order valence-electron chi connectivity index (χ3n) is 4.18. The van der Waals surface area contributed by atoms with Crippen molar-refractivity contribution in [2.45, 2.75) is 43.4 Å². The van der Waals surface area contributed by atoms with Crippen LogP contribution >= 0.6 is 7.82 Å². The molecule has 5 unspecified atom stereocenters. The quantitative estimate of drug-likeness (QED) is 0.288. The van der Waals surface area contributed by atoms with Crippen LogP contribution in [0.5, 0.6) is 0 Å². The van der Waals surface area contributed by atoms with Crippen LogP contribution in [0.4, 0.5) is 0 Å². The molecule has 0 aromatic heterocycles. The minimum Gasteiger partial charge on any atom is -0.388 e. The van der Waals surface area contributed by atoms with Gasteiger partial charge in [0.15, 0.2) is 0 Å². The van der Waals surface area contributed by atoms with Crippen molar-refractivity contribution >= 4 is 13.7 Å². The number of amides is 1. The van der Waals surface area contributed by atoms with Crippen molar-refractivity contribution in [2.75, 3.05) is 13.2 Å². The van der Waals surface area contributed by atoms with Crippen LogP contribution < -0.4 is 5.32 Å². The number of hydrogen-bond donors (Lipinski definition) is 6. The molecule has 0 bridgehead atoms. The summed E-state index contributed by atoms with van der Waals surface area (Å²) >= 11 is 0. The highest BCUT2D eigenvalue weighted by atomic mass is 31.2. The molecule has 1 aromatic rings. The predicted octanol–water partition coefficient (Wildman–Crippen LogP) is -1.31. The number of carbonyl (C=O) groups is 1. The largest absolute Gasteiger partial charge is 0.469 e. The van der Waals surface area contributed by atoms with Gasteiger partial charge in [0.2, 0.25) is 5.91 Å². The molecule has 1 saturated heterocycles. The van der Waals surface area contributed by atoms with Crippen molar-refractivity contribution in [3.05, 3.63) is 35.9 Å². The summed E-state index contributed by atoms with van der Waals surface area (Å²) in [6.07, 6.45) is -6.96. The highest BCUT2D eigenvalue weighted by Gasteiger charge is 2.44. The maximum Gasteiger partial charge on any atom is 0.469 e. The SMILES string of the molecule is O=C(CC1OC(COP(=O)(O)O)C(O)C(O)C1O)NCCc1ccccc1. The van der Waals surface area contributed by atoms with E-state index in [0.29, 0.717) is 13.0 Å². The summed E-state index contributed by atoms with van der Waals surface area (Å²) in [7, 11) is -4.80. The fraction of sp³-hybridized carbons (Fsp3) is 0.562. The van der Waals surface area contributed by atoms with Crippen molar-refractivity contribution in [3.63, 3.8) is 0 Å². The summed E-state index contributed by atoms with van der Waals surface area (Å²) in [5.41, 5.74) is 1.04. The minimum atomic E-state index is -4.80. The molecule has 1 aliphatic rings. The predicted molar refractivity (Wildman–Crippen MR) is 92.5 cm³/mol. The molecule has 11 heteroatoms. The number of phosphoric ester groups is 1. The maximum atomic E-state index is 12.1. The van der Waals surface area contributed by atoms with Crippen LogP contribution in [-0.2, 0) is 25.0 Å². The second kappa shape index (κ2) is 9.72. The van der Waals surface area contributed by atoms with E-state index in [-0.39, 0.29) is 6.42 Å². The van der Waals surface area contributed by atoms with E-state index in [9.17, 15) is 24.7 Å². The molecule has 152 valence electrons. The van der Waals surface area contributed by atoms with Gasteiger partial charge in [-0.3, -0.25) is 9.32 Å². The van der Waals surface area contributed by atoms with Crippen molar-refractivity contribution in [2.24, 2.45) is 0 Å². The number of carbonyl (C=O) groups excluding carboxylic acids is 1. The number of ether oxygens (including phenoxy) is 1. The first-order chi connectivity index (χ1) is 12.7. The molecule has 0 aliphatic carbocycles. The second-order valence-electron chi connectivity index (χ2n) is 6.26. The fourth-order valence-electron chi connectivity index (χ4n) is 2.75. The number of hydrogen-bond acceptors (Lipinski definition) is 7. The lowest BCUT2D eigenvalue weighted by Gasteiger charge is -2.40. The molecule has 6 N–H and O–H groups in total. The second-order valence-corrected chi connectivity index (χ2v) is 7.50. The van der Waals surface area contributed by atoms with Crippen LogP contribution in [0.3, 0.4) is 0 Å². The Morgan fingerprint density at radius 2 is 1.70 bits per heavy atom. The van der Waals surface area contributed by atoms with Gasteiger partial charge in [0.1, 0.15) is 24.4 Å². The Bertz CT molecular complexity index is 653. The van der Waals surface area contributed by atoms with Gasteiger partial charge in [-0.2, -0.15) is 0 Å². The van der Waals surface area contributed by atoms with E-state index in [1.54, 1.807) is 0 Å². The van der Waals surface area contributed by atoms with E-state index in [2.05, 4.69) is 9.84 Å². The van der Waals surface area contributed by atoms with Gasteiger partial charge in [-0.1, -0.05) is 30.3 Å². The lowest BCUT2D eigenvalue weighted by Crippen LogP contribution is -2.59. The van der Waals surface area contributed by atoms with Crippen molar-refractivity contribution < 1.29 is 43.7 Å². The average molecular weight is 405 g/mol. The summed E-state index contributed by atoms with van der Waals surface area (Å²) in [5.74, 6) is -0.437. The lowest BCUT2D eigenvalue weighted by atomic mass is 9.93. The molecule has 0 saturated carbocycles. The lowest BCUT2D eigenvalue weighted by molar-refractivity contribution is -0.228. The molecule has 1 aliphatic heterocycles. The number of rotatable bonds is 8. The van der Waals surface area contributed by atoms with Crippen molar-refractivity contribution in [1.82, 2.24) is 5.32 Å². The molecule has 1 amide bonds. The van der Waals surface area contributed by atoms with E-state index in [0.717, 1.165) is 5.56 Å². The number of phosphoric acid groups is 1. The average Bonchev–Trinajstić information content (AvgIpc) is 2.61. The summed E-state index contributed by atoms with van der Waals surface area (Å²) < 4.78 is 20.4. The molecule has 5 atom stereocenters. The molecule has 0 radical (unpaired) electrons. The maximum absolute atomic E-state index is 12.1. The molecule has 1 heterocycles. The number of nitrogens with one attached hydrogen (secondary N) is 1. The van der Waals surface area contributed by atoms with Gasteiger partial charge in [0.05, 0.1) is 19.1 Å². The van der Waals surface area contributed by atoms with Crippen LogP contribution in [0, 0.1) is 0 Å². The zero-order valence-electron chi connectivity index (χ0n) is 14.4. The third-order valence-corrected chi connectivity index (χ3v) is 4.67. The molecule has 2 rings (SSSR count). The van der Waals surface area contributed by atoms with Crippen molar-refractivity contribution in [3.8, 4) is 0 Å². The van der Waals surface area contributed by atoms with E-state index in [1.165, 1.54) is 0 Å². The van der Waals surface area contributed by atoms with Crippen LogP contribution in [0.15, 0.2) is 30.3 Å². The summed E-state index contributed by atoms with van der Waals surface area (Å²) in [6.45, 7) is -0.344. The van der Waals surface area contributed by atoms with Gasteiger partial charge in [-0.15, -0.1) is 0 Å². The smallest absolute Gasteiger partial charge is 0.388 e. The van der Waals surface area contributed by atoms with E-state index >= 15 is 0 Å². The van der Waals surface area contributed by atoms with Gasteiger partial charge in [-0.25, -0.2) is 4.57 Å². The molecular weight excluding hydrogens is 381 g/mol. The standard InChI is InChI=1S/C16H24NO9P/c18-13(17-7-6-10-4-2-1-3-5-10)8-11-14(19)16(21)15(20)12(26-11)9-25-27(22,23)24/h1-5,11-12,14-16,19-21H,6-9H2,(H,17,18)(H2,22,23,24). The van der Waals surface area contributed by atoms with Gasteiger partial charge >= 0.3 is 7.82 Å². The molecule has 1 aromatic carbocycles. The highest BCUT2D eigenvalue weighted by Crippen LogP contribution is 2.37. The molecule has 10 nitrogen and oxygen atoms in total. The Hall–Kier alpha value is -1.36. The van der Waals surface area contributed by atoms with Gasteiger partial charge < -0.3 is 35.2 Å². The molecule has 27 heavy (non-hydrogen) atoms. The zero-order valence-corrected chi connectivity index (χ0v) is 15.3. The third kappa shape index (κ3) is 6.95. The van der Waals surface area contributed by atoms with Gasteiger partial charge in [0.25, 0.3) is 0 Å². The topological polar surface area (TPSA) is 166 Å². The van der Waals surface area contributed by atoms with E-state index in [4.69, 9.17) is 14.5 Å². The molecule has 0 spiro atoms. The Balaban J connectivity index is 1.85. The normalized spacial score (nSPS) is 28.7. The van der Waals surface area contributed by atoms with Crippen LogP contribution in [0.25, 0.3) is 0 Å². The Kier molecular flexibility index (Phi) is 7.90. The monoisotopic (exact) mass is 405 g/mol. The van der Waals surface area contributed by atoms with Gasteiger partial charge in [0, 0.05) is 6.54 Å². The Morgan fingerprint density at radius 1 is 1.07 bits per heavy atom. The first-order valence-corrected chi connectivity index (χ1v) is 9.91. The number of aliphatic hydroxyl groups is 3. The number of aliphatic hydroxyl groups excluding tert-OH is 3. The minimum absolute atomic E-state index is 0.299. The van der Waals surface area contributed by atoms with Crippen LogP contribution in [0.2, 0.25) is 0 Å². The highest BCUT2D eigenvalue weighted by molar-refractivity contribution is 7.46. The summed E-state index contributed by atoms with van der Waals surface area (Å²) in [6, 6.07) is 9.50. The van der Waals surface area contributed by atoms with Gasteiger partial charge in [-0.05, 0) is 12.0 Å². The fourth-order valence-corrected chi connectivity index (χ4v) is 3.09. The summed E-state index contributed by atoms with van der Waals surface area (Å²) in [5, 5.41) is 32.4. The molecular formula is C16H24NO9P. The Morgan fingerprint density at radius 3 is 2.33 bits per heavy atom. The van der Waals surface area contributed by atoms with E-state index < -0.39 is 50.9 Å². The Labute approximate surface area is 156 Å². The first kappa shape index (κ1) is 21.9.